The Morgan fingerprint density at radius 1 is 1.48 bits per heavy atom. The number of hydrogen-bond acceptors (Lipinski definition) is 2. The van der Waals surface area contributed by atoms with Crippen LogP contribution in [0.5, 0.6) is 0 Å². The van der Waals surface area contributed by atoms with Gasteiger partial charge in [0.15, 0.2) is 0 Å². The molecule has 1 fully saturated rings. The summed E-state index contributed by atoms with van der Waals surface area (Å²) in [4.78, 5) is 26.0. The quantitative estimate of drug-likeness (QED) is 0.905. The van der Waals surface area contributed by atoms with Crippen LogP contribution in [0, 0.1) is 5.41 Å². The second kappa shape index (κ2) is 5.83. The lowest BCUT2D eigenvalue weighted by Crippen LogP contribution is -2.56. The summed E-state index contributed by atoms with van der Waals surface area (Å²) in [7, 11) is 0. The number of rotatable bonds is 3. The predicted octanol–water partition coefficient (Wildman–Crippen LogP) is 2.99. The molecule has 2 rings (SSSR count). The number of halogens is 1. The molecule has 0 radical (unpaired) electrons. The molecule has 1 aliphatic heterocycles. The maximum atomic E-state index is 12.8. The first-order valence-corrected chi connectivity index (χ1v) is 7.96. The lowest BCUT2D eigenvalue weighted by molar-refractivity contribution is -0.148. The van der Waals surface area contributed by atoms with Crippen LogP contribution in [0.3, 0.4) is 0 Å². The highest BCUT2D eigenvalue weighted by molar-refractivity contribution is 9.10. The van der Waals surface area contributed by atoms with Crippen molar-refractivity contribution in [1.29, 1.82) is 0 Å². The van der Waals surface area contributed by atoms with Crippen molar-refractivity contribution in [2.24, 2.45) is 5.41 Å². The Bertz CT molecular complexity index is 565. The second-order valence-electron chi connectivity index (χ2n) is 6.16. The van der Waals surface area contributed by atoms with Crippen molar-refractivity contribution in [2.45, 2.75) is 46.2 Å². The topological polar surface area (TPSA) is 62.5 Å². The molecule has 1 atom stereocenters. The molecule has 1 aromatic heterocycles. The smallest absolute Gasteiger partial charge is 0.326 e. The summed E-state index contributed by atoms with van der Waals surface area (Å²) < 4.78 is 2.67. The van der Waals surface area contributed by atoms with E-state index in [1.54, 1.807) is 6.07 Å². The van der Waals surface area contributed by atoms with Crippen molar-refractivity contribution in [1.82, 2.24) is 9.47 Å². The number of carbonyl (C=O) groups excluding carboxylic acids is 1. The average Bonchev–Trinajstić information content (AvgIpc) is 2.77. The van der Waals surface area contributed by atoms with Crippen LogP contribution in [0.25, 0.3) is 0 Å². The van der Waals surface area contributed by atoms with Gasteiger partial charge in [-0.1, -0.05) is 13.8 Å². The maximum absolute atomic E-state index is 12.8. The number of aromatic nitrogens is 1. The summed E-state index contributed by atoms with van der Waals surface area (Å²) in [6, 6.07) is 0.976. The molecule has 5 nitrogen and oxygen atoms in total. The third-order valence-electron chi connectivity index (χ3n) is 4.19. The van der Waals surface area contributed by atoms with Gasteiger partial charge in [-0.2, -0.15) is 0 Å². The molecule has 1 aliphatic rings. The van der Waals surface area contributed by atoms with Crippen LogP contribution in [0.1, 0.15) is 44.1 Å². The molecule has 0 aromatic carbocycles. The molecule has 21 heavy (non-hydrogen) atoms. The van der Waals surface area contributed by atoms with Crippen molar-refractivity contribution in [3.05, 3.63) is 22.4 Å². The van der Waals surface area contributed by atoms with E-state index in [-0.39, 0.29) is 5.91 Å². The van der Waals surface area contributed by atoms with Gasteiger partial charge in [-0.05, 0) is 47.2 Å². The van der Waals surface area contributed by atoms with Gasteiger partial charge in [-0.3, -0.25) is 4.79 Å². The summed E-state index contributed by atoms with van der Waals surface area (Å²) in [6.45, 7) is 6.95. The van der Waals surface area contributed by atoms with Gasteiger partial charge in [0.25, 0.3) is 5.91 Å². The molecule has 1 N–H and O–H groups in total. The standard InChI is InChI=1S/C15H21BrN2O3/c1-4-17-9-10(16)8-11(17)13(19)18-7-5-6-15(2,3)12(18)14(20)21/h8-9,12H,4-7H2,1-3H3,(H,20,21). The highest BCUT2D eigenvalue weighted by atomic mass is 79.9. The SMILES string of the molecule is CCn1cc(Br)cc1C(=O)N1CCCC(C)(C)C1C(=O)O. The molecular formula is C15H21BrN2O3. The summed E-state index contributed by atoms with van der Waals surface area (Å²) in [5.41, 5.74) is 0.119. The van der Waals surface area contributed by atoms with E-state index in [0.717, 1.165) is 17.3 Å². The van der Waals surface area contributed by atoms with E-state index in [1.807, 2.05) is 31.5 Å². The molecule has 0 saturated carbocycles. The van der Waals surface area contributed by atoms with E-state index in [0.29, 0.717) is 18.8 Å². The Hall–Kier alpha value is -1.30. The minimum absolute atomic E-state index is 0.206. The Balaban J connectivity index is 2.38. The van der Waals surface area contributed by atoms with Crippen molar-refractivity contribution >= 4 is 27.8 Å². The number of aliphatic carboxylic acids is 1. The second-order valence-corrected chi connectivity index (χ2v) is 7.08. The third kappa shape index (κ3) is 3.00. The number of nitrogens with zero attached hydrogens (tertiary/aromatic N) is 2. The normalized spacial score (nSPS) is 21.3. The zero-order valence-corrected chi connectivity index (χ0v) is 14.2. The fourth-order valence-electron chi connectivity index (χ4n) is 3.14. The molecule has 2 heterocycles. The summed E-state index contributed by atoms with van der Waals surface area (Å²) in [5.74, 6) is -1.13. The van der Waals surface area contributed by atoms with Crippen molar-refractivity contribution in [3.63, 3.8) is 0 Å². The van der Waals surface area contributed by atoms with Crippen LogP contribution in [0.2, 0.25) is 0 Å². The predicted molar refractivity (Wildman–Crippen MR) is 83.3 cm³/mol. The van der Waals surface area contributed by atoms with Gasteiger partial charge in [0.1, 0.15) is 11.7 Å². The van der Waals surface area contributed by atoms with Gasteiger partial charge >= 0.3 is 5.97 Å². The summed E-state index contributed by atoms with van der Waals surface area (Å²) >= 11 is 3.37. The van der Waals surface area contributed by atoms with Crippen LogP contribution in [-0.2, 0) is 11.3 Å². The number of carboxylic acid groups (broad SMARTS) is 1. The highest BCUT2D eigenvalue weighted by Crippen LogP contribution is 2.36. The molecule has 1 amide bonds. The Morgan fingerprint density at radius 2 is 2.14 bits per heavy atom. The first-order chi connectivity index (χ1) is 9.77. The van der Waals surface area contributed by atoms with Gasteiger partial charge in [0.2, 0.25) is 0 Å². The van der Waals surface area contributed by atoms with Crippen LogP contribution in [0.15, 0.2) is 16.7 Å². The lowest BCUT2D eigenvalue weighted by atomic mass is 9.76. The summed E-state index contributed by atoms with van der Waals surface area (Å²) in [5, 5.41) is 9.56. The zero-order chi connectivity index (χ0) is 15.8. The first kappa shape index (κ1) is 16.1. The molecule has 0 spiro atoms. The molecule has 0 bridgehead atoms. The first-order valence-electron chi connectivity index (χ1n) is 7.17. The van der Waals surface area contributed by atoms with E-state index < -0.39 is 17.4 Å². The maximum Gasteiger partial charge on any atom is 0.326 e. The van der Waals surface area contributed by atoms with E-state index in [9.17, 15) is 14.7 Å². The van der Waals surface area contributed by atoms with Crippen LogP contribution in [0.4, 0.5) is 0 Å². The molecule has 1 unspecified atom stereocenters. The molecule has 116 valence electrons. The number of hydrogen-bond donors (Lipinski definition) is 1. The van der Waals surface area contributed by atoms with E-state index in [4.69, 9.17) is 0 Å². The van der Waals surface area contributed by atoms with Gasteiger partial charge in [-0.25, -0.2) is 4.79 Å². The number of likely N-dealkylation sites (tertiary alicyclic amines) is 1. The monoisotopic (exact) mass is 356 g/mol. The molecule has 6 heteroatoms. The largest absolute Gasteiger partial charge is 0.480 e. The Kier molecular flexibility index (Phi) is 4.46. The van der Waals surface area contributed by atoms with E-state index >= 15 is 0 Å². The molecule has 1 aromatic rings. The van der Waals surface area contributed by atoms with E-state index in [2.05, 4.69) is 15.9 Å². The number of carboxylic acids is 1. The zero-order valence-electron chi connectivity index (χ0n) is 12.6. The number of piperidine rings is 1. The Morgan fingerprint density at radius 3 is 2.71 bits per heavy atom. The number of carbonyl (C=O) groups is 2. The van der Waals surface area contributed by atoms with Crippen LogP contribution in [-0.4, -0.2) is 39.0 Å². The number of aryl methyl sites for hydroxylation is 1. The molecule has 0 aliphatic carbocycles. The summed E-state index contributed by atoms with van der Waals surface area (Å²) in [6.07, 6.45) is 3.49. The van der Waals surface area contributed by atoms with Crippen molar-refractivity contribution in [2.75, 3.05) is 6.54 Å². The molecular weight excluding hydrogens is 336 g/mol. The van der Waals surface area contributed by atoms with Crippen LogP contribution < -0.4 is 0 Å². The fourth-order valence-corrected chi connectivity index (χ4v) is 3.61. The highest BCUT2D eigenvalue weighted by Gasteiger charge is 2.45. The van der Waals surface area contributed by atoms with Gasteiger partial charge in [0.05, 0.1) is 0 Å². The van der Waals surface area contributed by atoms with Crippen molar-refractivity contribution in [3.8, 4) is 0 Å². The van der Waals surface area contributed by atoms with Crippen molar-refractivity contribution < 1.29 is 14.7 Å². The third-order valence-corrected chi connectivity index (χ3v) is 4.62. The number of amides is 1. The minimum Gasteiger partial charge on any atom is -0.480 e. The fraction of sp³-hybridized carbons (Fsp3) is 0.600. The van der Waals surface area contributed by atoms with Gasteiger partial charge in [0, 0.05) is 23.8 Å². The lowest BCUT2D eigenvalue weighted by Gasteiger charge is -2.44. The molecule has 1 saturated heterocycles. The van der Waals surface area contributed by atoms with Gasteiger partial charge < -0.3 is 14.6 Å². The average molecular weight is 357 g/mol. The van der Waals surface area contributed by atoms with Crippen LogP contribution >= 0.6 is 15.9 Å². The Labute approximate surface area is 133 Å². The minimum atomic E-state index is -0.929. The van der Waals surface area contributed by atoms with E-state index in [1.165, 1.54) is 4.90 Å². The van der Waals surface area contributed by atoms with Gasteiger partial charge in [-0.15, -0.1) is 0 Å².